The molecule has 0 aromatic rings. The molecule has 6 amide bonds. The molecule has 61 heteroatoms. The smallest absolute Gasteiger partial charge is 0.364 e. The lowest BCUT2D eigenvalue weighted by Gasteiger charge is -2.51. The first-order valence-electron chi connectivity index (χ1n) is 42.5. The van der Waals surface area contributed by atoms with Crippen molar-refractivity contribution in [2.24, 2.45) is 0 Å². The summed E-state index contributed by atoms with van der Waals surface area (Å²) in [4.78, 5) is 117. The van der Waals surface area contributed by atoms with Gasteiger partial charge in [0.1, 0.15) is 201 Å². The predicted molar refractivity (Wildman–Crippen MR) is 418 cm³/mol. The largest absolute Gasteiger partial charge is 0.477 e. The third-order valence-electron chi connectivity index (χ3n) is 24.1. The quantitative estimate of drug-likeness (QED) is 0.0271. The van der Waals surface area contributed by atoms with Gasteiger partial charge in [0.05, 0.1) is 95.9 Å². The third kappa shape index (κ3) is 25.2. The van der Waals surface area contributed by atoms with E-state index in [0.717, 1.165) is 41.5 Å². The first-order valence-corrected chi connectivity index (χ1v) is 42.5. The number of carbonyl (C=O) groups excluding carboxylic acids is 6. The van der Waals surface area contributed by atoms with Crippen LogP contribution in [0.2, 0.25) is 0 Å². The molecular formula is C75H122N6O55. The van der Waals surface area contributed by atoms with E-state index in [2.05, 4.69) is 31.9 Å². The fraction of sp³-hybridized carbons (Fsp3) is 0.880. The van der Waals surface area contributed by atoms with Crippen LogP contribution in [0.1, 0.15) is 60.8 Å². The minimum Gasteiger partial charge on any atom is -0.477 e. The minimum absolute atomic E-state index is 0.818. The molecule has 0 aliphatic carbocycles. The van der Waals surface area contributed by atoms with Crippen LogP contribution < -0.4 is 31.9 Å². The van der Waals surface area contributed by atoms with Gasteiger partial charge in [0.25, 0.3) is 17.4 Å². The van der Waals surface area contributed by atoms with Crippen LogP contribution >= 0.6 is 0 Å². The lowest BCUT2D eigenvalue weighted by atomic mass is 9.88. The molecule has 35 N–H and O–H groups in total. The van der Waals surface area contributed by atoms with Crippen LogP contribution in [0.25, 0.3) is 0 Å². The van der Waals surface area contributed by atoms with Gasteiger partial charge in [0.2, 0.25) is 35.4 Å². The van der Waals surface area contributed by atoms with Crippen LogP contribution in [0.3, 0.4) is 0 Å². The Labute approximate surface area is 767 Å². The summed E-state index contributed by atoms with van der Waals surface area (Å²) in [5, 5.41) is 338. The molecule has 48 atom stereocenters. The second-order valence-electron chi connectivity index (χ2n) is 34.0. The van der Waals surface area contributed by atoms with E-state index in [-0.39, 0.29) is 0 Å². The van der Waals surface area contributed by atoms with Gasteiger partial charge in [-0.1, -0.05) is 0 Å². The van der Waals surface area contributed by atoms with E-state index in [4.69, 9.17) is 80.5 Å². The Hall–Kier alpha value is -6.49. The molecule has 9 heterocycles. The van der Waals surface area contributed by atoms with Gasteiger partial charge in [-0.05, 0) is 0 Å². The Morgan fingerprint density at radius 2 is 0.588 bits per heavy atom. The molecule has 0 aromatic heterocycles. The fourth-order valence-electron chi connectivity index (χ4n) is 17.3. The number of rotatable bonds is 40. The molecule has 61 nitrogen and oxygen atoms in total. The molecule has 0 radical (unpaired) electrons. The van der Waals surface area contributed by atoms with Gasteiger partial charge in [0, 0.05) is 60.8 Å². The summed E-state index contributed by atoms with van der Waals surface area (Å²) in [5.41, 5.74) is 0. The molecule has 0 bridgehead atoms. The Morgan fingerprint density at radius 1 is 0.309 bits per heavy atom. The Kier molecular flexibility index (Phi) is 40.0. The zero-order valence-electron chi connectivity index (χ0n) is 73.0. The van der Waals surface area contributed by atoms with Crippen LogP contribution in [0.15, 0.2) is 0 Å². The van der Waals surface area contributed by atoms with Gasteiger partial charge in [0.15, 0.2) is 37.7 Å². The van der Waals surface area contributed by atoms with Gasteiger partial charge in [-0.15, -0.1) is 0 Å². The van der Waals surface area contributed by atoms with Crippen LogP contribution in [0, 0.1) is 0 Å². The van der Waals surface area contributed by atoms with Crippen LogP contribution in [0.5, 0.6) is 0 Å². The van der Waals surface area contributed by atoms with Crippen molar-refractivity contribution in [2.45, 2.75) is 354 Å². The number of carboxylic acids is 3. The Morgan fingerprint density at radius 3 is 0.941 bits per heavy atom. The molecule has 9 aliphatic heterocycles. The Balaban J connectivity index is 1.02. The van der Waals surface area contributed by atoms with Crippen LogP contribution in [0.4, 0.5) is 0 Å². The number of aliphatic carboxylic acids is 3. The molecule has 0 aromatic carbocycles. The van der Waals surface area contributed by atoms with Gasteiger partial charge >= 0.3 is 17.9 Å². The molecule has 9 saturated heterocycles. The maximum atomic E-state index is 13.6. The van der Waals surface area contributed by atoms with Gasteiger partial charge in [-0.25, -0.2) is 14.4 Å². The van der Waals surface area contributed by atoms with Gasteiger partial charge in [-0.3, -0.25) is 28.8 Å². The summed E-state index contributed by atoms with van der Waals surface area (Å²) >= 11 is 0. The summed E-state index contributed by atoms with van der Waals surface area (Å²) in [6.07, 6.45) is -94.1. The highest BCUT2D eigenvalue weighted by Crippen LogP contribution is 2.44. The normalized spacial score (nSPS) is 43.6. The summed E-state index contributed by atoms with van der Waals surface area (Å²) in [5.74, 6) is -22.5. The number of aliphatic hydroxyl groups excluding tert-OH is 26. The number of hydrogen-bond donors (Lipinski definition) is 35. The fourth-order valence-corrected chi connectivity index (χ4v) is 17.3. The summed E-state index contributed by atoms with van der Waals surface area (Å²) in [6, 6.07) is -11.7. The van der Waals surface area contributed by atoms with E-state index < -0.39 is 425 Å². The van der Waals surface area contributed by atoms with E-state index >= 15 is 0 Å². The highest BCUT2D eigenvalue weighted by molar-refractivity contribution is 5.79. The SMILES string of the molecule is CC(=O)N[C@@H]1[C@@H](O[C@@H]2O[C@H](CO[C@]3(C(=O)O)C[C@H](O)[C@@H](NC(C)=O)[C@H]([C@H](O)[C@H](O)CO)O3)[C@H](O)[C@H](O[C@@H]3O[C@H](CO)[C@@H](O[C@@H]4O[C@H](CO)[C@H](O)[C@H](O[C@]5(C(=O)O)C[C@H](O)[C@@H](NC(C)=O)[C@H]([C@H](O)[C@H](O)CO)O5)[C@H]4O)[C@H](O)[C@H]3NC(C)=O)[C@H]2O)[C@@H](O)[C@@H](CO[C@@H]2O[C@H](CO)[C@@H](O[C@@H]3O[C@H](CO)[C@H](O)[C@H](O[C@]4(C(=O)O)C[C@H](O)[C@@H](NC(C)=O)[C@H]([C@H](O)[C@H](O)CO)O4)[C@H]3O)[C@H](O)[C@H]2NC(C)=O)O[C@@H]1O. The predicted octanol–water partition coefficient (Wildman–Crippen LogP) is -22.1. The molecule has 136 heavy (non-hydrogen) atoms. The summed E-state index contributed by atoms with van der Waals surface area (Å²) < 4.78 is 99.7. The van der Waals surface area contributed by atoms with Crippen molar-refractivity contribution in [2.75, 3.05) is 59.5 Å². The molecule has 9 rings (SSSR count). The maximum Gasteiger partial charge on any atom is 0.364 e. The number of hydrogen-bond acceptors (Lipinski definition) is 52. The van der Waals surface area contributed by atoms with Crippen molar-refractivity contribution in [1.82, 2.24) is 31.9 Å². The zero-order chi connectivity index (χ0) is 101. The van der Waals surface area contributed by atoms with Crippen LogP contribution in [-0.4, -0.2) is 554 Å². The lowest BCUT2D eigenvalue weighted by Crippen LogP contribution is -2.71. The monoisotopic (exact) mass is 1990 g/mol. The first-order chi connectivity index (χ1) is 63.8. The van der Waals surface area contributed by atoms with E-state index in [0.29, 0.717) is 0 Å². The van der Waals surface area contributed by atoms with Crippen molar-refractivity contribution in [1.29, 1.82) is 0 Å². The zero-order valence-corrected chi connectivity index (χ0v) is 73.0. The van der Waals surface area contributed by atoms with Crippen molar-refractivity contribution < 1.29 is 272 Å². The number of carbonyl (C=O) groups is 9. The second kappa shape index (κ2) is 48.1. The highest BCUT2D eigenvalue weighted by atomic mass is 16.8. The van der Waals surface area contributed by atoms with Crippen molar-refractivity contribution in [3.63, 3.8) is 0 Å². The third-order valence-corrected chi connectivity index (χ3v) is 24.1. The van der Waals surface area contributed by atoms with E-state index in [1.807, 2.05) is 0 Å². The number of ether oxygens (including phenoxy) is 17. The molecule has 9 aliphatic rings. The van der Waals surface area contributed by atoms with Crippen molar-refractivity contribution in [3.8, 4) is 0 Å². The molecule has 9 fully saturated rings. The number of aliphatic hydroxyl groups is 26. The summed E-state index contributed by atoms with van der Waals surface area (Å²) in [6.45, 7) is -6.13. The average molecular weight is 1990 g/mol. The first kappa shape index (κ1) is 113. The molecule has 0 unspecified atom stereocenters. The maximum absolute atomic E-state index is 13.6. The van der Waals surface area contributed by atoms with Gasteiger partial charge in [-0.2, -0.15) is 0 Å². The second-order valence-corrected chi connectivity index (χ2v) is 34.0. The highest BCUT2D eigenvalue weighted by Gasteiger charge is 2.66. The van der Waals surface area contributed by atoms with E-state index in [1.165, 1.54) is 0 Å². The average Bonchev–Trinajstić information content (AvgIpc) is 0.748. The number of nitrogens with one attached hydrogen (secondary N) is 6. The molecule has 0 saturated carbocycles. The summed E-state index contributed by atoms with van der Waals surface area (Å²) in [7, 11) is 0. The van der Waals surface area contributed by atoms with E-state index in [9.17, 15) is 191 Å². The number of amides is 6. The standard InChI is InChI=1S/C75H122N6O55/c1-19(89)76-37-25(95)7-73(70(114)115,132-58(37)43(101)28(98)10-82)121-18-36-49(107)61(131-66-41(80-23(5)93)51(109)56(34(16-88)126-66)129-69-54(112)63(47(105)32(14-86)124-69)136-75(72(118)119)9-27(97)39(78-21(3)91)60(134-75)45(103)30(100)12-84)52(110)67(127-36)130-57-42(81-24(6)94)64(113)122-35(48(57)106)17-120-65-40(79-22(4)92)50(108)55(33(15-87)125-65)128-68-53(111)62(46(104)31(13-85)123-68)135-74(71(116)117)8-26(96)38(77-20(2)90)59(133-74)44(102)29(99)11-83/h25-69,82-88,95-113H,7-18H2,1-6H3,(H,76,89)(H,77,90)(H,78,91)(H,79,92)(H,80,93)(H,81,94)(H,114,115)(H,116,117)(H,118,119)/t25-,26-,27-,28+,29+,30+,31+,32+,33+,34+,35+,36+,37+,38+,39+,40+,41+,42+,43+,44+,45+,46-,47-,48-,49-,50+,51+,52+,53+,54+,55+,56+,57+,58+,59+,60+,61-,62-,63-,64-,65+,66-,67-,68-,69-,73+,74-,75-/m0/s1. The Bertz CT molecular complexity index is 3960. The van der Waals surface area contributed by atoms with Crippen LogP contribution in [-0.2, 0) is 124 Å². The topological polar surface area (TPSA) is 969 Å². The van der Waals surface area contributed by atoms with Gasteiger partial charge < -0.3 is 261 Å². The molecule has 782 valence electrons. The van der Waals surface area contributed by atoms with Crippen molar-refractivity contribution >= 4 is 53.4 Å². The lowest BCUT2D eigenvalue weighted by molar-refractivity contribution is -0.390. The molecule has 0 spiro atoms. The van der Waals surface area contributed by atoms with E-state index in [1.54, 1.807) is 0 Å². The van der Waals surface area contributed by atoms with Crippen molar-refractivity contribution in [3.05, 3.63) is 0 Å². The molecular weight excluding hydrogens is 1860 g/mol. The minimum atomic E-state index is -3.35. The number of carboxylic acid groups (broad SMARTS) is 3.